The van der Waals surface area contributed by atoms with Crippen LogP contribution in [0.2, 0.25) is 0 Å². The van der Waals surface area contributed by atoms with Crippen molar-refractivity contribution in [2.45, 2.75) is 75.7 Å². The predicted octanol–water partition coefficient (Wildman–Crippen LogP) is 6.26. The number of hydrogen-bond acceptors (Lipinski definition) is 0. The lowest BCUT2D eigenvalue weighted by Crippen LogP contribution is -2.37. The molecular formula is C18H38. The molecule has 5 atom stereocenters. The molecule has 0 N–H and O–H groups in total. The summed E-state index contributed by atoms with van der Waals surface area (Å²) in [6.07, 6.45) is 1.29. The normalized spacial score (nSPS) is 21.5. The Bertz CT molecular complexity index is 226. The molecule has 0 heteroatoms. The molecule has 0 bridgehead atoms. The van der Waals surface area contributed by atoms with Crippen molar-refractivity contribution in [3.63, 3.8) is 0 Å². The number of rotatable bonds is 7. The van der Waals surface area contributed by atoms with Gasteiger partial charge < -0.3 is 0 Å². The van der Waals surface area contributed by atoms with Gasteiger partial charge in [0.1, 0.15) is 0 Å². The van der Waals surface area contributed by atoms with Gasteiger partial charge in [0.05, 0.1) is 0 Å². The summed E-state index contributed by atoms with van der Waals surface area (Å²) < 4.78 is 0. The SMILES string of the molecule is CCC(C)C(C)(C)C(C)C(C)C(C)C(C)C(C)C. The van der Waals surface area contributed by atoms with Gasteiger partial charge >= 0.3 is 0 Å². The zero-order valence-electron chi connectivity index (χ0n) is 14.7. The maximum atomic E-state index is 2.47. The van der Waals surface area contributed by atoms with E-state index in [9.17, 15) is 0 Å². The van der Waals surface area contributed by atoms with Crippen LogP contribution in [-0.2, 0) is 0 Å². The van der Waals surface area contributed by atoms with Crippen molar-refractivity contribution < 1.29 is 0 Å². The van der Waals surface area contributed by atoms with Crippen LogP contribution in [0.1, 0.15) is 75.7 Å². The van der Waals surface area contributed by atoms with Crippen LogP contribution in [-0.4, -0.2) is 0 Å². The lowest BCUT2D eigenvalue weighted by atomic mass is 9.61. The van der Waals surface area contributed by atoms with E-state index in [0.717, 1.165) is 35.5 Å². The molecule has 0 amide bonds. The van der Waals surface area contributed by atoms with Gasteiger partial charge in [-0.3, -0.25) is 0 Å². The van der Waals surface area contributed by atoms with E-state index in [1.807, 2.05) is 0 Å². The van der Waals surface area contributed by atoms with Crippen LogP contribution < -0.4 is 0 Å². The van der Waals surface area contributed by atoms with Gasteiger partial charge in [-0.15, -0.1) is 0 Å². The van der Waals surface area contributed by atoms with E-state index in [1.54, 1.807) is 0 Å². The van der Waals surface area contributed by atoms with Crippen molar-refractivity contribution in [1.29, 1.82) is 0 Å². The molecule has 0 aromatic heterocycles. The van der Waals surface area contributed by atoms with Gasteiger partial charge in [-0.1, -0.05) is 75.7 Å². The first-order chi connectivity index (χ1) is 8.07. The van der Waals surface area contributed by atoms with Gasteiger partial charge in [0, 0.05) is 0 Å². The average Bonchev–Trinajstić information content (AvgIpc) is 2.33. The zero-order valence-corrected chi connectivity index (χ0v) is 14.7. The van der Waals surface area contributed by atoms with Crippen molar-refractivity contribution >= 4 is 0 Å². The highest BCUT2D eigenvalue weighted by Gasteiger charge is 2.37. The van der Waals surface area contributed by atoms with E-state index >= 15 is 0 Å². The Morgan fingerprint density at radius 3 is 1.50 bits per heavy atom. The maximum absolute atomic E-state index is 2.47. The van der Waals surface area contributed by atoms with E-state index in [2.05, 4.69) is 69.2 Å². The third-order valence-corrected chi connectivity index (χ3v) is 6.55. The van der Waals surface area contributed by atoms with Gasteiger partial charge in [0.25, 0.3) is 0 Å². The lowest BCUT2D eigenvalue weighted by Gasteiger charge is -2.44. The van der Waals surface area contributed by atoms with Crippen LogP contribution in [0, 0.1) is 40.9 Å². The van der Waals surface area contributed by atoms with Crippen molar-refractivity contribution in [2.24, 2.45) is 40.9 Å². The van der Waals surface area contributed by atoms with E-state index in [-0.39, 0.29) is 0 Å². The molecule has 0 aliphatic heterocycles. The summed E-state index contributed by atoms with van der Waals surface area (Å²) in [6, 6.07) is 0. The zero-order chi connectivity index (χ0) is 14.7. The molecule has 5 unspecified atom stereocenters. The van der Waals surface area contributed by atoms with Crippen LogP contribution in [0.15, 0.2) is 0 Å². The van der Waals surface area contributed by atoms with E-state index in [1.165, 1.54) is 6.42 Å². The molecule has 0 nitrogen and oxygen atoms in total. The van der Waals surface area contributed by atoms with Gasteiger partial charge in [-0.2, -0.15) is 0 Å². The summed E-state index contributed by atoms with van der Waals surface area (Å²) in [5, 5.41) is 0. The fourth-order valence-corrected chi connectivity index (χ4v) is 3.19. The highest BCUT2D eigenvalue weighted by atomic mass is 14.4. The third-order valence-electron chi connectivity index (χ3n) is 6.55. The van der Waals surface area contributed by atoms with Crippen LogP contribution in [0.5, 0.6) is 0 Å². The first-order valence-electron chi connectivity index (χ1n) is 8.07. The summed E-state index contributed by atoms with van der Waals surface area (Å²) in [5.41, 5.74) is 0.444. The number of hydrogen-bond donors (Lipinski definition) is 0. The third kappa shape index (κ3) is 4.00. The molecule has 0 aliphatic carbocycles. The molecule has 0 aromatic carbocycles. The minimum absolute atomic E-state index is 0.444. The Hall–Kier alpha value is 0. The van der Waals surface area contributed by atoms with Crippen LogP contribution >= 0.6 is 0 Å². The predicted molar refractivity (Wildman–Crippen MR) is 84.7 cm³/mol. The first-order valence-corrected chi connectivity index (χ1v) is 8.07. The second kappa shape index (κ2) is 6.96. The Morgan fingerprint density at radius 1 is 0.722 bits per heavy atom. The quantitative estimate of drug-likeness (QED) is 0.503. The lowest BCUT2D eigenvalue weighted by molar-refractivity contribution is 0.0508. The summed E-state index contributed by atoms with van der Waals surface area (Å²) in [4.78, 5) is 0. The smallest absolute Gasteiger partial charge is 0.0300 e. The monoisotopic (exact) mass is 254 g/mol. The highest BCUT2D eigenvalue weighted by molar-refractivity contribution is 4.86. The van der Waals surface area contributed by atoms with Crippen molar-refractivity contribution in [2.75, 3.05) is 0 Å². The second-order valence-electron chi connectivity index (χ2n) is 7.74. The van der Waals surface area contributed by atoms with E-state index < -0.39 is 0 Å². The molecule has 110 valence electrons. The second-order valence-corrected chi connectivity index (χ2v) is 7.74. The standard InChI is InChI=1S/C18H38/c1-11-13(4)18(9,10)17(8)16(7)15(6)14(5)12(2)3/h12-17H,11H2,1-10H3. The summed E-state index contributed by atoms with van der Waals surface area (Å²) in [5.74, 6) is 4.80. The van der Waals surface area contributed by atoms with Gasteiger partial charge in [0.15, 0.2) is 0 Å². The largest absolute Gasteiger partial charge is 0.0651 e. The molecule has 0 heterocycles. The molecule has 0 radical (unpaired) electrons. The van der Waals surface area contributed by atoms with Crippen molar-refractivity contribution in [3.8, 4) is 0 Å². The summed E-state index contributed by atoms with van der Waals surface area (Å²) >= 11 is 0. The highest BCUT2D eigenvalue weighted by Crippen LogP contribution is 2.44. The summed E-state index contributed by atoms with van der Waals surface area (Å²) in [6.45, 7) is 24.2. The molecule has 0 saturated carbocycles. The van der Waals surface area contributed by atoms with Crippen LogP contribution in [0.25, 0.3) is 0 Å². The minimum Gasteiger partial charge on any atom is -0.0651 e. The Balaban J connectivity index is 4.82. The van der Waals surface area contributed by atoms with Gasteiger partial charge in [-0.25, -0.2) is 0 Å². The van der Waals surface area contributed by atoms with Gasteiger partial charge in [0.2, 0.25) is 0 Å². The fraction of sp³-hybridized carbons (Fsp3) is 1.00. The molecule has 0 aromatic rings. The first kappa shape index (κ1) is 18.0. The average molecular weight is 255 g/mol. The Kier molecular flexibility index (Phi) is 6.96. The van der Waals surface area contributed by atoms with E-state index in [0.29, 0.717) is 5.41 Å². The maximum Gasteiger partial charge on any atom is -0.0300 e. The Morgan fingerprint density at radius 2 is 1.17 bits per heavy atom. The van der Waals surface area contributed by atoms with E-state index in [4.69, 9.17) is 0 Å². The van der Waals surface area contributed by atoms with Gasteiger partial charge in [-0.05, 0) is 40.9 Å². The molecule has 0 fully saturated rings. The Labute approximate surface area is 117 Å². The van der Waals surface area contributed by atoms with Crippen molar-refractivity contribution in [1.82, 2.24) is 0 Å². The molecule has 0 saturated heterocycles. The minimum atomic E-state index is 0.444. The van der Waals surface area contributed by atoms with Crippen molar-refractivity contribution in [3.05, 3.63) is 0 Å². The molecule has 0 aliphatic rings. The van der Waals surface area contributed by atoms with Crippen LogP contribution in [0.3, 0.4) is 0 Å². The molecule has 0 spiro atoms. The molecule has 18 heavy (non-hydrogen) atoms. The molecule has 0 rings (SSSR count). The topological polar surface area (TPSA) is 0 Å². The molecular weight excluding hydrogens is 216 g/mol. The fourth-order valence-electron chi connectivity index (χ4n) is 3.19. The summed E-state index contributed by atoms with van der Waals surface area (Å²) in [7, 11) is 0. The van der Waals surface area contributed by atoms with Crippen LogP contribution in [0.4, 0.5) is 0 Å².